The highest BCUT2D eigenvalue weighted by Gasteiger charge is 2.32. The van der Waals surface area contributed by atoms with E-state index in [-0.39, 0.29) is 17.6 Å². The van der Waals surface area contributed by atoms with Gasteiger partial charge >= 0.3 is 0 Å². The average Bonchev–Trinajstić information content (AvgIpc) is 2.45. The lowest BCUT2D eigenvalue weighted by Crippen LogP contribution is -2.30. The summed E-state index contributed by atoms with van der Waals surface area (Å²) in [4.78, 5) is 0. The fourth-order valence-corrected chi connectivity index (χ4v) is 3.51. The van der Waals surface area contributed by atoms with Gasteiger partial charge in [0.2, 0.25) is 0 Å². The average molecular weight is 293 g/mol. The highest BCUT2D eigenvalue weighted by atomic mass is 19.1. The first-order chi connectivity index (χ1) is 9.82. The first-order valence-electron chi connectivity index (χ1n) is 7.92. The Morgan fingerprint density at radius 3 is 2.29 bits per heavy atom. The van der Waals surface area contributed by atoms with Crippen molar-refractivity contribution in [2.24, 2.45) is 23.0 Å². The van der Waals surface area contributed by atoms with Gasteiger partial charge in [0.15, 0.2) is 11.6 Å². The smallest absolute Gasteiger partial charge is 0.165 e. The van der Waals surface area contributed by atoms with Crippen LogP contribution in [0.15, 0.2) is 18.2 Å². The molecule has 1 saturated carbocycles. The molecule has 1 atom stereocenters. The van der Waals surface area contributed by atoms with Gasteiger partial charge in [0.05, 0.1) is 7.11 Å². The highest BCUT2D eigenvalue weighted by Crippen LogP contribution is 2.43. The van der Waals surface area contributed by atoms with E-state index in [4.69, 9.17) is 10.5 Å². The lowest BCUT2D eigenvalue weighted by molar-refractivity contribution is 0.139. The van der Waals surface area contributed by atoms with Gasteiger partial charge in [0.1, 0.15) is 0 Å². The van der Waals surface area contributed by atoms with E-state index in [1.54, 1.807) is 6.07 Å². The van der Waals surface area contributed by atoms with E-state index >= 15 is 0 Å². The van der Waals surface area contributed by atoms with Crippen molar-refractivity contribution in [1.29, 1.82) is 0 Å². The minimum atomic E-state index is -0.325. The first-order valence-corrected chi connectivity index (χ1v) is 7.92. The van der Waals surface area contributed by atoms with Crippen molar-refractivity contribution in [2.75, 3.05) is 7.11 Å². The number of nitrogens with two attached hydrogens (primary N) is 1. The minimum Gasteiger partial charge on any atom is -0.494 e. The Labute approximate surface area is 127 Å². The maximum Gasteiger partial charge on any atom is 0.165 e. The summed E-state index contributed by atoms with van der Waals surface area (Å²) in [5, 5.41) is 0. The molecule has 0 amide bonds. The molecular formula is C18H28FNO. The summed E-state index contributed by atoms with van der Waals surface area (Å²) in [5.74, 6) is 1.18. The minimum absolute atomic E-state index is 0.0775. The molecule has 0 bridgehead atoms. The summed E-state index contributed by atoms with van der Waals surface area (Å²) < 4.78 is 18.8. The molecule has 0 aromatic heterocycles. The molecule has 118 valence electrons. The molecule has 1 aromatic rings. The summed E-state index contributed by atoms with van der Waals surface area (Å²) in [6, 6.07) is 5.01. The lowest BCUT2D eigenvalue weighted by Gasteiger charge is -2.38. The summed E-state index contributed by atoms with van der Waals surface area (Å²) in [6.45, 7) is 6.95. The van der Waals surface area contributed by atoms with Crippen LogP contribution in [0.4, 0.5) is 4.39 Å². The molecule has 0 radical (unpaired) electrons. The fraction of sp³-hybridized carbons (Fsp3) is 0.667. The van der Waals surface area contributed by atoms with Crippen molar-refractivity contribution in [3.8, 4) is 5.75 Å². The highest BCUT2D eigenvalue weighted by molar-refractivity contribution is 5.31. The van der Waals surface area contributed by atoms with Gasteiger partial charge in [-0.1, -0.05) is 26.8 Å². The third kappa shape index (κ3) is 3.76. The van der Waals surface area contributed by atoms with Gasteiger partial charge in [0, 0.05) is 6.04 Å². The molecule has 1 aliphatic carbocycles. The number of benzene rings is 1. The van der Waals surface area contributed by atoms with Crippen LogP contribution in [0.5, 0.6) is 5.75 Å². The molecular weight excluding hydrogens is 265 g/mol. The van der Waals surface area contributed by atoms with E-state index in [2.05, 4.69) is 20.8 Å². The predicted molar refractivity (Wildman–Crippen MR) is 84.8 cm³/mol. The fourth-order valence-electron chi connectivity index (χ4n) is 3.51. The molecule has 1 fully saturated rings. The number of rotatable bonds is 3. The third-order valence-corrected chi connectivity index (χ3v) is 5.07. The molecule has 0 spiro atoms. The van der Waals surface area contributed by atoms with Crippen molar-refractivity contribution < 1.29 is 9.13 Å². The van der Waals surface area contributed by atoms with Crippen LogP contribution in [0.2, 0.25) is 0 Å². The molecule has 3 heteroatoms. The Balaban J connectivity index is 2.02. The summed E-state index contributed by atoms with van der Waals surface area (Å²) in [5.41, 5.74) is 7.64. The van der Waals surface area contributed by atoms with E-state index < -0.39 is 0 Å². The molecule has 1 aromatic carbocycles. The SMILES string of the molecule is COc1ccc(C(N)C2CCC(C(C)(C)C)CC2)cc1F. The standard InChI is InChI=1S/C18H28FNO/c1-18(2,3)14-8-5-12(6-9-14)17(20)13-7-10-16(21-4)15(19)11-13/h7,10-12,14,17H,5-6,8-9,20H2,1-4H3. The Hall–Kier alpha value is -1.09. The van der Waals surface area contributed by atoms with Gasteiger partial charge in [-0.2, -0.15) is 0 Å². The van der Waals surface area contributed by atoms with Gasteiger partial charge in [0.25, 0.3) is 0 Å². The van der Waals surface area contributed by atoms with Crippen molar-refractivity contribution in [3.05, 3.63) is 29.6 Å². The molecule has 2 N–H and O–H groups in total. The Kier molecular flexibility index (Phi) is 4.92. The maximum absolute atomic E-state index is 13.8. The van der Waals surface area contributed by atoms with Crippen LogP contribution in [0.1, 0.15) is 58.1 Å². The van der Waals surface area contributed by atoms with Crippen LogP contribution in [0, 0.1) is 23.1 Å². The zero-order valence-corrected chi connectivity index (χ0v) is 13.7. The van der Waals surface area contributed by atoms with Crippen LogP contribution in [0.25, 0.3) is 0 Å². The number of hydrogen-bond acceptors (Lipinski definition) is 2. The monoisotopic (exact) mass is 293 g/mol. The largest absolute Gasteiger partial charge is 0.494 e. The third-order valence-electron chi connectivity index (χ3n) is 5.07. The number of methoxy groups -OCH3 is 1. The van der Waals surface area contributed by atoms with Gasteiger partial charge < -0.3 is 10.5 Å². The van der Waals surface area contributed by atoms with Crippen molar-refractivity contribution >= 4 is 0 Å². The maximum atomic E-state index is 13.8. The van der Waals surface area contributed by atoms with E-state index in [1.165, 1.54) is 26.0 Å². The van der Waals surface area contributed by atoms with E-state index in [1.807, 2.05) is 6.07 Å². The van der Waals surface area contributed by atoms with Gasteiger partial charge in [-0.25, -0.2) is 4.39 Å². The number of ether oxygens (including phenoxy) is 1. The van der Waals surface area contributed by atoms with Crippen LogP contribution >= 0.6 is 0 Å². The molecule has 0 saturated heterocycles. The lowest BCUT2D eigenvalue weighted by atomic mass is 9.68. The summed E-state index contributed by atoms with van der Waals surface area (Å²) in [7, 11) is 1.48. The van der Waals surface area contributed by atoms with Crippen LogP contribution < -0.4 is 10.5 Å². The Bertz CT molecular complexity index is 473. The second-order valence-corrected chi connectivity index (χ2v) is 7.40. The van der Waals surface area contributed by atoms with Gasteiger partial charge in [-0.15, -0.1) is 0 Å². The Morgan fingerprint density at radius 2 is 1.81 bits per heavy atom. The number of halogens is 1. The molecule has 2 rings (SSSR count). The van der Waals surface area contributed by atoms with E-state index in [9.17, 15) is 4.39 Å². The predicted octanol–water partition coefficient (Wildman–Crippen LogP) is 4.69. The molecule has 1 unspecified atom stereocenters. The summed E-state index contributed by atoms with van der Waals surface area (Å²) >= 11 is 0. The first kappa shape index (κ1) is 16.3. The molecule has 1 aliphatic rings. The van der Waals surface area contributed by atoms with Crippen molar-refractivity contribution in [3.63, 3.8) is 0 Å². The Morgan fingerprint density at radius 1 is 1.19 bits per heavy atom. The van der Waals surface area contributed by atoms with E-state index in [0.29, 0.717) is 11.3 Å². The van der Waals surface area contributed by atoms with Crippen LogP contribution in [0.3, 0.4) is 0 Å². The quantitative estimate of drug-likeness (QED) is 0.877. The van der Waals surface area contributed by atoms with Gasteiger partial charge in [-0.05, 0) is 60.6 Å². The van der Waals surface area contributed by atoms with E-state index in [0.717, 1.165) is 24.3 Å². The zero-order chi connectivity index (χ0) is 15.6. The summed E-state index contributed by atoms with van der Waals surface area (Å²) in [6.07, 6.45) is 4.72. The second kappa shape index (κ2) is 6.35. The van der Waals surface area contributed by atoms with Crippen molar-refractivity contribution in [1.82, 2.24) is 0 Å². The molecule has 21 heavy (non-hydrogen) atoms. The molecule has 0 heterocycles. The van der Waals surface area contributed by atoms with Crippen LogP contribution in [-0.2, 0) is 0 Å². The van der Waals surface area contributed by atoms with Crippen molar-refractivity contribution in [2.45, 2.75) is 52.5 Å². The molecule has 0 aliphatic heterocycles. The second-order valence-electron chi connectivity index (χ2n) is 7.40. The topological polar surface area (TPSA) is 35.2 Å². The van der Waals surface area contributed by atoms with Gasteiger partial charge in [-0.3, -0.25) is 0 Å². The zero-order valence-electron chi connectivity index (χ0n) is 13.7. The van der Waals surface area contributed by atoms with Crippen LogP contribution in [-0.4, -0.2) is 7.11 Å². The number of hydrogen-bond donors (Lipinski definition) is 1. The molecule has 2 nitrogen and oxygen atoms in total. The normalized spacial score (nSPS) is 24.7.